The third-order valence-electron chi connectivity index (χ3n) is 14.2. The fourth-order valence-electron chi connectivity index (χ4n) is 10.3. The molecule has 0 bridgehead atoms. The van der Waals surface area contributed by atoms with Crippen LogP contribution in [-0.4, -0.2) is 105 Å². The Balaban J connectivity index is 0.000000195. The molecule has 5 N–H and O–H groups in total. The van der Waals surface area contributed by atoms with Gasteiger partial charge in [0.2, 0.25) is 11.9 Å². The van der Waals surface area contributed by atoms with E-state index >= 15 is 0 Å². The van der Waals surface area contributed by atoms with Crippen molar-refractivity contribution in [3.63, 3.8) is 0 Å². The highest BCUT2D eigenvalue weighted by Crippen LogP contribution is 2.34. The molecule has 6 aromatic heterocycles. The lowest BCUT2D eigenvalue weighted by Gasteiger charge is -2.30. The zero-order valence-corrected chi connectivity index (χ0v) is 45.9. The van der Waals surface area contributed by atoms with Gasteiger partial charge in [-0.2, -0.15) is 9.97 Å². The van der Waals surface area contributed by atoms with E-state index in [-0.39, 0.29) is 11.1 Å². The monoisotopic (exact) mass is 1070 g/mol. The molecular weight excluding hydrogens is 1000 g/mol. The van der Waals surface area contributed by atoms with Gasteiger partial charge in [-0.25, -0.2) is 19.9 Å². The van der Waals surface area contributed by atoms with E-state index in [1.165, 1.54) is 12.8 Å². The minimum atomic E-state index is -0.136. The predicted octanol–water partition coefficient (Wildman–Crippen LogP) is 9.86. The predicted molar refractivity (Wildman–Crippen MR) is 306 cm³/mol. The van der Waals surface area contributed by atoms with Gasteiger partial charge in [0.15, 0.2) is 0 Å². The summed E-state index contributed by atoms with van der Waals surface area (Å²) in [7, 11) is 5.27. The topological polar surface area (TPSA) is 221 Å². The van der Waals surface area contributed by atoms with Gasteiger partial charge in [0, 0.05) is 118 Å². The van der Waals surface area contributed by atoms with Crippen molar-refractivity contribution in [3.05, 3.63) is 128 Å². The Hall–Kier alpha value is -6.76. The summed E-state index contributed by atoms with van der Waals surface area (Å²) in [5.74, 6) is 2.48. The van der Waals surface area contributed by atoms with Gasteiger partial charge in [-0.1, -0.05) is 47.5 Å². The third-order valence-corrected chi connectivity index (χ3v) is 14.8. The van der Waals surface area contributed by atoms with Crippen LogP contribution < -0.4 is 27.5 Å². The molecule has 17 nitrogen and oxygen atoms in total. The summed E-state index contributed by atoms with van der Waals surface area (Å²) >= 11 is 13.4. The van der Waals surface area contributed by atoms with E-state index < -0.39 is 0 Å². The number of rotatable bonds is 13. The summed E-state index contributed by atoms with van der Waals surface area (Å²) in [5, 5.41) is 16.5. The molecule has 0 spiro atoms. The average molecular weight is 1070 g/mol. The highest BCUT2D eigenvalue weighted by Gasteiger charge is 2.24. The van der Waals surface area contributed by atoms with Gasteiger partial charge in [0.05, 0.1) is 35.2 Å². The lowest BCUT2D eigenvalue weighted by atomic mass is 9.86. The van der Waals surface area contributed by atoms with Crippen LogP contribution in [0, 0.1) is 25.7 Å². The Bertz CT molecular complexity index is 3430. The molecule has 2 aromatic carbocycles. The molecule has 2 saturated carbocycles. The number of aliphatic hydroxyl groups is 1. The number of halogens is 2. The van der Waals surface area contributed by atoms with Crippen LogP contribution in [0.5, 0.6) is 0 Å². The maximum Gasteiger partial charge on any atom is 0.260 e. The zero-order chi connectivity index (χ0) is 54.0. The van der Waals surface area contributed by atoms with E-state index in [1.807, 2.05) is 76.2 Å². The van der Waals surface area contributed by atoms with Crippen LogP contribution in [0.3, 0.4) is 0 Å². The number of aliphatic hydroxyl groups excluding tert-OH is 1. The zero-order valence-electron chi connectivity index (χ0n) is 44.4. The van der Waals surface area contributed by atoms with E-state index in [1.54, 1.807) is 46.3 Å². The van der Waals surface area contributed by atoms with Crippen LogP contribution in [0.15, 0.2) is 95.3 Å². The summed E-state index contributed by atoms with van der Waals surface area (Å²) in [6.07, 6.45) is 19.3. The number of fused-ring (bicyclic) bond motifs is 2. The van der Waals surface area contributed by atoms with Crippen molar-refractivity contribution in [2.75, 3.05) is 44.9 Å². The van der Waals surface area contributed by atoms with Gasteiger partial charge in [0.1, 0.15) is 11.3 Å². The van der Waals surface area contributed by atoms with Crippen molar-refractivity contribution < 1.29 is 5.11 Å². The lowest BCUT2D eigenvalue weighted by Crippen LogP contribution is -2.31. The maximum atomic E-state index is 13.6. The van der Waals surface area contributed by atoms with E-state index in [2.05, 4.69) is 59.5 Å². The number of aromatic nitrogens is 10. The first kappa shape index (κ1) is 55.5. The SMILES string of the molecule is CCn1c(=O)c(-c2ccc(-c3cncc(C)n3)cc2Cl)cc2cnc(NC3CCC(CN(C)C)CC3)nc21.CCn1c(=O)c(-c2ccc(-c3cncc(C)n3)cc2Cl)cc2cnc(NC3CCC(CN)CC3)nc21.CO. The normalized spacial score (nSPS) is 17.4. The molecule has 2 fully saturated rings. The van der Waals surface area contributed by atoms with Gasteiger partial charge in [-0.05, 0) is 136 Å². The molecule has 76 heavy (non-hydrogen) atoms. The number of benzene rings is 2. The Morgan fingerprint density at radius 1 is 0.592 bits per heavy atom. The highest BCUT2D eigenvalue weighted by molar-refractivity contribution is 6.34. The van der Waals surface area contributed by atoms with Crippen molar-refractivity contribution in [1.29, 1.82) is 0 Å². The summed E-state index contributed by atoms with van der Waals surface area (Å²) in [5.41, 5.74) is 14.0. The Morgan fingerprint density at radius 3 is 1.38 bits per heavy atom. The number of nitrogens with one attached hydrogen (secondary N) is 2. The molecule has 6 heterocycles. The Kier molecular flexibility index (Phi) is 18.5. The van der Waals surface area contributed by atoms with Crippen molar-refractivity contribution in [2.24, 2.45) is 17.6 Å². The van der Waals surface area contributed by atoms with Crippen molar-refractivity contribution >= 4 is 57.2 Å². The second-order valence-electron chi connectivity index (χ2n) is 19.9. The summed E-state index contributed by atoms with van der Waals surface area (Å²) in [6, 6.07) is 15.5. The number of nitrogens with zero attached hydrogens (tertiary/aromatic N) is 11. The van der Waals surface area contributed by atoms with Crippen molar-refractivity contribution in [1.82, 2.24) is 53.9 Å². The Morgan fingerprint density at radius 2 is 1.01 bits per heavy atom. The van der Waals surface area contributed by atoms with Gasteiger partial charge in [0.25, 0.3) is 11.1 Å². The molecule has 2 aliphatic carbocycles. The van der Waals surface area contributed by atoms with Gasteiger partial charge in [-0.15, -0.1) is 0 Å². The van der Waals surface area contributed by atoms with Gasteiger partial charge >= 0.3 is 0 Å². The molecule has 0 unspecified atom stereocenters. The van der Waals surface area contributed by atoms with E-state index in [0.29, 0.717) is 86.6 Å². The molecule has 0 saturated heterocycles. The molecule has 0 radical (unpaired) electrons. The van der Waals surface area contributed by atoms with Crippen LogP contribution in [0.2, 0.25) is 10.0 Å². The van der Waals surface area contributed by atoms with Crippen LogP contribution in [0.25, 0.3) is 66.8 Å². The molecule has 8 aromatic rings. The first-order chi connectivity index (χ1) is 36.8. The highest BCUT2D eigenvalue weighted by atomic mass is 35.5. The molecule has 2 aliphatic rings. The van der Waals surface area contributed by atoms with E-state index in [4.69, 9.17) is 44.0 Å². The number of aryl methyl sites for hydroxylation is 4. The second kappa shape index (κ2) is 25.4. The number of pyridine rings is 2. The molecule has 10 rings (SSSR count). The molecule has 398 valence electrons. The van der Waals surface area contributed by atoms with Crippen LogP contribution >= 0.6 is 23.2 Å². The van der Waals surface area contributed by atoms with E-state index in [9.17, 15) is 9.59 Å². The third kappa shape index (κ3) is 12.9. The number of hydrogen-bond acceptors (Lipinski definition) is 15. The standard InChI is InChI=1S/C29H34ClN7O.C27H30ClN7O.CH4O/c1-5-37-27-21(15-32-29(35-27)34-22-9-6-19(7-10-22)17-36(3)4)12-24(28(37)38)23-11-8-20(13-25(23)30)26-16-31-14-18(2)33-26;1-3-35-25-19(14-31-27(34-25)33-20-7-4-17(12-29)5-8-20)10-22(26(35)36)21-9-6-18(11-23(21)28)24-15-30-13-16(2)32-24;1-2/h8,11-16,19,22H,5-7,9-10,17H2,1-4H3,(H,32,34,35);6,9-11,13-15,17,20H,3-5,7-8,12,29H2,1-2H3,(H,31,33,34);2H,1H3. The summed E-state index contributed by atoms with van der Waals surface area (Å²) < 4.78 is 3.38. The first-order valence-corrected chi connectivity index (χ1v) is 26.9. The minimum absolute atomic E-state index is 0.126. The molecule has 0 aliphatic heterocycles. The number of hydrogen-bond donors (Lipinski definition) is 4. The fraction of sp³-hybridized carbons (Fsp3) is 0.404. The lowest BCUT2D eigenvalue weighted by molar-refractivity contribution is 0.255. The average Bonchev–Trinajstić information content (AvgIpc) is 3.43. The molecule has 19 heteroatoms. The number of anilines is 2. The van der Waals surface area contributed by atoms with Gasteiger partial charge < -0.3 is 26.4 Å². The van der Waals surface area contributed by atoms with E-state index in [0.717, 1.165) is 109 Å². The molecule has 0 amide bonds. The summed E-state index contributed by atoms with van der Waals surface area (Å²) in [6.45, 7) is 10.5. The molecular formula is C57H68Cl2N14O3. The van der Waals surface area contributed by atoms with Crippen LogP contribution in [-0.2, 0) is 13.1 Å². The van der Waals surface area contributed by atoms with Crippen LogP contribution in [0.4, 0.5) is 11.9 Å². The number of nitrogens with two attached hydrogens (primary N) is 1. The minimum Gasteiger partial charge on any atom is -0.400 e. The van der Waals surface area contributed by atoms with Crippen LogP contribution in [0.1, 0.15) is 76.6 Å². The van der Waals surface area contributed by atoms with Crippen molar-refractivity contribution in [3.8, 4) is 44.8 Å². The smallest absolute Gasteiger partial charge is 0.260 e. The second-order valence-corrected chi connectivity index (χ2v) is 20.7. The quantitative estimate of drug-likeness (QED) is 0.0844. The Labute approximate surface area is 453 Å². The van der Waals surface area contributed by atoms with Crippen molar-refractivity contribution in [2.45, 2.75) is 104 Å². The summed E-state index contributed by atoms with van der Waals surface area (Å²) in [4.78, 5) is 65.5. The molecule has 0 atom stereocenters. The van der Waals surface area contributed by atoms with Gasteiger partial charge in [-0.3, -0.25) is 28.7 Å². The largest absolute Gasteiger partial charge is 0.400 e. The first-order valence-electron chi connectivity index (χ1n) is 26.1. The fourth-order valence-corrected chi connectivity index (χ4v) is 10.9. The maximum absolute atomic E-state index is 13.6.